The Morgan fingerprint density at radius 2 is 2.04 bits per heavy atom. The van der Waals surface area contributed by atoms with Gasteiger partial charge in [0.05, 0.1) is 5.75 Å². The van der Waals surface area contributed by atoms with Crippen LogP contribution in [-0.2, 0) is 17.9 Å². The molecule has 6 nitrogen and oxygen atoms in total. The lowest BCUT2D eigenvalue weighted by atomic mass is 10.1. The van der Waals surface area contributed by atoms with Crippen LogP contribution in [0.25, 0.3) is 11.4 Å². The number of thioether (sulfide) groups is 1. The van der Waals surface area contributed by atoms with Gasteiger partial charge in [-0.25, -0.2) is 0 Å². The molecule has 26 heavy (non-hydrogen) atoms. The zero-order valence-electron chi connectivity index (χ0n) is 14.8. The van der Waals surface area contributed by atoms with Gasteiger partial charge in [-0.15, -0.1) is 10.2 Å². The summed E-state index contributed by atoms with van der Waals surface area (Å²) in [4.78, 5) is 16.1. The third-order valence-electron chi connectivity index (χ3n) is 3.96. The van der Waals surface area contributed by atoms with Gasteiger partial charge in [-0.1, -0.05) is 42.1 Å². The van der Waals surface area contributed by atoms with E-state index in [1.807, 2.05) is 34.9 Å². The summed E-state index contributed by atoms with van der Waals surface area (Å²) < 4.78 is 2.04. The van der Waals surface area contributed by atoms with Crippen molar-refractivity contribution in [3.63, 3.8) is 0 Å². The van der Waals surface area contributed by atoms with E-state index in [2.05, 4.69) is 40.4 Å². The molecule has 2 aromatic heterocycles. The average molecular weight is 367 g/mol. The van der Waals surface area contributed by atoms with E-state index in [1.54, 1.807) is 12.4 Å². The molecular formula is C19H21N5OS. The maximum atomic E-state index is 12.1. The maximum absolute atomic E-state index is 12.1. The molecule has 3 rings (SSSR count). The minimum absolute atomic E-state index is 0.0399. The van der Waals surface area contributed by atoms with Crippen molar-refractivity contribution in [2.24, 2.45) is 0 Å². The number of rotatable bonds is 7. The highest BCUT2D eigenvalue weighted by atomic mass is 32.2. The summed E-state index contributed by atoms with van der Waals surface area (Å²) in [5.74, 6) is 1.09. The third kappa shape index (κ3) is 4.29. The van der Waals surface area contributed by atoms with Crippen molar-refractivity contribution in [3.05, 3.63) is 59.9 Å². The normalized spacial score (nSPS) is 10.7. The van der Waals surface area contributed by atoms with Crippen molar-refractivity contribution in [2.45, 2.75) is 32.1 Å². The van der Waals surface area contributed by atoms with E-state index in [0.29, 0.717) is 12.3 Å². The lowest BCUT2D eigenvalue weighted by Gasteiger charge is -2.09. The van der Waals surface area contributed by atoms with E-state index in [-0.39, 0.29) is 5.91 Å². The highest BCUT2D eigenvalue weighted by molar-refractivity contribution is 7.99. The fourth-order valence-electron chi connectivity index (χ4n) is 2.59. The average Bonchev–Trinajstić information content (AvgIpc) is 3.08. The van der Waals surface area contributed by atoms with Gasteiger partial charge in [-0.2, -0.15) is 0 Å². The van der Waals surface area contributed by atoms with E-state index in [4.69, 9.17) is 0 Å². The standard InChI is InChI=1S/C19H21N5OS/c1-3-24-18(16-9-5-4-7-14(16)2)22-23-19(24)26-13-17(25)21-12-15-8-6-10-20-11-15/h4-11H,3,12-13H2,1-2H3,(H,21,25). The second kappa shape index (κ2) is 8.62. The molecule has 7 heteroatoms. The van der Waals surface area contributed by atoms with Gasteiger partial charge in [0.25, 0.3) is 0 Å². The Bertz CT molecular complexity index is 879. The van der Waals surface area contributed by atoms with Crippen LogP contribution < -0.4 is 5.32 Å². The summed E-state index contributed by atoms with van der Waals surface area (Å²) in [5.41, 5.74) is 3.19. The third-order valence-corrected chi connectivity index (χ3v) is 4.93. The molecule has 1 aromatic carbocycles. The second-order valence-electron chi connectivity index (χ2n) is 5.79. The Labute approximate surface area is 157 Å². The highest BCUT2D eigenvalue weighted by Crippen LogP contribution is 2.26. The second-order valence-corrected chi connectivity index (χ2v) is 6.73. The summed E-state index contributed by atoms with van der Waals surface area (Å²) in [5, 5.41) is 12.3. The monoisotopic (exact) mass is 367 g/mol. The van der Waals surface area contributed by atoms with Crippen LogP contribution in [0, 0.1) is 6.92 Å². The molecule has 0 bridgehead atoms. The SMILES string of the molecule is CCn1c(SCC(=O)NCc2cccnc2)nnc1-c1ccccc1C. The Kier molecular flexibility index (Phi) is 6.01. The molecule has 3 aromatic rings. The number of nitrogens with one attached hydrogen (secondary N) is 1. The van der Waals surface area contributed by atoms with Gasteiger partial charge in [-0.3, -0.25) is 9.78 Å². The summed E-state index contributed by atoms with van der Waals surface area (Å²) in [7, 11) is 0. The smallest absolute Gasteiger partial charge is 0.230 e. The minimum Gasteiger partial charge on any atom is -0.351 e. The van der Waals surface area contributed by atoms with Gasteiger partial charge in [0.2, 0.25) is 5.91 Å². The van der Waals surface area contributed by atoms with Crippen LogP contribution in [0.1, 0.15) is 18.1 Å². The Morgan fingerprint density at radius 1 is 1.19 bits per heavy atom. The first-order valence-corrected chi connectivity index (χ1v) is 9.45. The van der Waals surface area contributed by atoms with E-state index >= 15 is 0 Å². The molecule has 0 aliphatic rings. The molecular weight excluding hydrogens is 346 g/mol. The van der Waals surface area contributed by atoms with Crippen molar-refractivity contribution in [1.29, 1.82) is 0 Å². The van der Waals surface area contributed by atoms with E-state index in [1.165, 1.54) is 11.8 Å². The van der Waals surface area contributed by atoms with Crippen LogP contribution in [-0.4, -0.2) is 31.4 Å². The van der Waals surface area contributed by atoms with E-state index in [0.717, 1.165) is 34.2 Å². The van der Waals surface area contributed by atoms with Crippen molar-refractivity contribution < 1.29 is 4.79 Å². The number of amides is 1. The Morgan fingerprint density at radius 3 is 2.77 bits per heavy atom. The molecule has 134 valence electrons. The molecule has 0 saturated heterocycles. The van der Waals surface area contributed by atoms with Crippen molar-refractivity contribution >= 4 is 17.7 Å². The maximum Gasteiger partial charge on any atom is 0.230 e. The first-order valence-electron chi connectivity index (χ1n) is 8.46. The van der Waals surface area contributed by atoms with E-state index in [9.17, 15) is 4.79 Å². The molecule has 0 spiro atoms. The van der Waals surface area contributed by atoms with Crippen molar-refractivity contribution in [3.8, 4) is 11.4 Å². The van der Waals surface area contributed by atoms with E-state index < -0.39 is 0 Å². The van der Waals surface area contributed by atoms with Crippen LogP contribution >= 0.6 is 11.8 Å². The number of carbonyl (C=O) groups is 1. The van der Waals surface area contributed by atoms with Crippen LogP contribution in [0.2, 0.25) is 0 Å². The van der Waals surface area contributed by atoms with Crippen molar-refractivity contribution in [2.75, 3.05) is 5.75 Å². The zero-order chi connectivity index (χ0) is 18.4. The molecule has 1 N–H and O–H groups in total. The number of nitrogens with zero attached hydrogens (tertiary/aromatic N) is 4. The number of benzene rings is 1. The fraction of sp³-hybridized carbons (Fsp3) is 0.263. The van der Waals surface area contributed by atoms with Gasteiger partial charge < -0.3 is 9.88 Å². The molecule has 0 aliphatic heterocycles. The quantitative estimate of drug-likeness (QED) is 0.650. The van der Waals surface area contributed by atoms with Gasteiger partial charge in [0.1, 0.15) is 0 Å². The summed E-state index contributed by atoms with van der Waals surface area (Å²) in [6.07, 6.45) is 3.46. The summed E-state index contributed by atoms with van der Waals surface area (Å²) in [6, 6.07) is 11.9. The number of hydrogen-bond donors (Lipinski definition) is 1. The number of hydrogen-bond acceptors (Lipinski definition) is 5. The topological polar surface area (TPSA) is 72.7 Å². The molecule has 2 heterocycles. The van der Waals surface area contributed by atoms with Gasteiger partial charge in [0, 0.05) is 31.0 Å². The molecule has 0 unspecified atom stereocenters. The number of carbonyl (C=O) groups excluding carboxylic acids is 1. The molecule has 0 radical (unpaired) electrons. The lowest BCUT2D eigenvalue weighted by molar-refractivity contribution is -0.118. The van der Waals surface area contributed by atoms with Gasteiger partial charge in [0.15, 0.2) is 11.0 Å². The molecule has 0 fully saturated rings. The summed E-state index contributed by atoms with van der Waals surface area (Å²) >= 11 is 1.40. The van der Waals surface area contributed by atoms with Crippen LogP contribution in [0.3, 0.4) is 0 Å². The van der Waals surface area contributed by atoms with Crippen LogP contribution in [0.4, 0.5) is 0 Å². The molecule has 0 aliphatic carbocycles. The summed E-state index contributed by atoms with van der Waals surface area (Å²) in [6.45, 7) is 5.33. The Balaban J connectivity index is 1.63. The number of aromatic nitrogens is 4. The lowest BCUT2D eigenvalue weighted by Crippen LogP contribution is -2.24. The zero-order valence-corrected chi connectivity index (χ0v) is 15.7. The predicted molar refractivity (Wildman–Crippen MR) is 103 cm³/mol. The van der Waals surface area contributed by atoms with Crippen LogP contribution in [0.15, 0.2) is 53.9 Å². The minimum atomic E-state index is -0.0399. The largest absolute Gasteiger partial charge is 0.351 e. The van der Waals surface area contributed by atoms with Crippen molar-refractivity contribution in [1.82, 2.24) is 25.1 Å². The predicted octanol–water partition coefficient (Wildman–Crippen LogP) is 3.08. The first-order chi connectivity index (χ1) is 12.7. The molecule has 1 amide bonds. The molecule has 0 saturated carbocycles. The van der Waals surface area contributed by atoms with Gasteiger partial charge >= 0.3 is 0 Å². The highest BCUT2D eigenvalue weighted by Gasteiger charge is 2.15. The Hall–Kier alpha value is -2.67. The molecule has 0 atom stereocenters. The number of aryl methyl sites for hydroxylation is 1. The fourth-order valence-corrected chi connectivity index (χ4v) is 3.42. The van der Waals surface area contributed by atoms with Crippen LogP contribution in [0.5, 0.6) is 0 Å². The van der Waals surface area contributed by atoms with Gasteiger partial charge in [-0.05, 0) is 31.0 Å². The first kappa shape index (κ1) is 18.1. The number of pyridine rings is 1.